The Labute approximate surface area is 98.4 Å². The van der Waals surface area contributed by atoms with Gasteiger partial charge in [-0.1, -0.05) is 15.9 Å². The molecule has 1 aromatic heterocycles. The highest BCUT2D eigenvalue weighted by atomic mass is 79.9. The first kappa shape index (κ1) is 10.8. The van der Waals surface area contributed by atoms with Crippen molar-refractivity contribution in [3.63, 3.8) is 0 Å². The fourth-order valence-corrected chi connectivity index (χ4v) is 1.58. The predicted octanol–water partition coefficient (Wildman–Crippen LogP) is 2.47. The van der Waals surface area contributed by atoms with E-state index in [1.54, 1.807) is 6.07 Å². The van der Waals surface area contributed by atoms with Gasteiger partial charge in [0.05, 0.1) is 11.8 Å². The van der Waals surface area contributed by atoms with Crippen molar-refractivity contribution < 1.29 is 14.3 Å². The normalized spacial score (nSPS) is 10.4. The zero-order valence-electron chi connectivity index (χ0n) is 7.89. The summed E-state index contributed by atoms with van der Waals surface area (Å²) in [6, 6.07) is 4.36. The van der Waals surface area contributed by atoms with Gasteiger partial charge in [-0.3, -0.25) is 0 Å². The van der Waals surface area contributed by atoms with Crippen molar-refractivity contribution in [2.75, 3.05) is 0 Å². The highest BCUT2D eigenvalue weighted by Gasteiger charge is 2.10. The van der Waals surface area contributed by atoms with Gasteiger partial charge in [0.15, 0.2) is 0 Å². The van der Waals surface area contributed by atoms with Gasteiger partial charge in [-0.2, -0.15) is 5.10 Å². The number of carboxylic acids is 1. The molecule has 6 heteroatoms. The van der Waals surface area contributed by atoms with Crippen LogP contribution in [0, 0.1) is 5.82 Å². The SMILES string of the molecule is O=C(O)c1cnn(-c2cc(Br)ccc2F)c1. The maximum atomic E-state index is 13.4. The lowest BCUT2D eigenvalue weighted by Crippen LogP contribution is -1.98. The van der Waals surface area contributed by atoms with Crippen LogP contribution in [0.25, 0.3) is 5.69 Å². The van der Waals surface area contributed by atoms with Gasteiger partial charge in [0.25, 0.3) is 0 Å². The van der Waals surface area contributed by atoms with Crippen LogP contribution >= 0.6 is 15.9 Å². The van der Waals surface area contributed by atoms with E-state index in [1.165, 1.54) is 29.2 Å². The summed E-state index contributed by atoms with van der Waals surface area (Å²) in [6.07, 6.45) is 2.43. The third-order valence-electron chi connectivity index (χ3n) is 1.98. The Morgan fingerprint density at radius 2 is 2.25 bits per heavy atom. The number of carboxylic acid groups (broad SMARTS) is 1. The van der Waals surface area contributed by atoms with Crippen molar-refractivity contribution >= 4 is 21.9 Å². The van der Waals surface area contributed by atoms with E-state index in [9.17, 15) is 9.18 Å². The second-order valence-electron chi connectivity index (χ2n) is 3.07. The quantitative estimate of drug-likeness (QED) is 0.922. The molecule has 1 aromatic carbocycles. The Morgan fingerprint density at radius 3 is 2.88 bits per heavy atom. The van der Waals surface area contributed by atoms with Crippen LogP contribution in [0.3, 0.4) is 0 Å². The lowest BCUT2D eigenvalue weighted by molar-refractivity contribution is 0.0697. The van der Waals surface area contributed by atoms with Gasteiger partial charge >= 0.3 is 5.97 Å². The minimum atomic E-state index is -1.10. The third-order valence-corrected chi connectivity index (χ3v) is 2.48. The summed E-state index contributed by atoms with van der Waals surface area (Å²) in [5.41, 5.74) is 0.209. The highest BCUT2D eigenvalue weighted by molar-refractivity contribution is 9.10. The van der Waals surface area contributed by atoms with E-state index < -0.39 is 11.8 Å². The van der Waals surface area contributed by atoms with Crippen molar-refractivity contribution in [3.05, 3.63) is 46.4 Å². The van der Waals surface area contributed by atoms with Gasteiger partial charge in [0, 0.05) is 10.7 Å². The zero-order chi connectivity index (χ0) is 11.7. The molecule has 0 saturated heterocycles. The van der Waals surface area contributed by atoms with Crippen molar-refractivity contribution in [2.24, 2.45) is 0 Å². The van der Waals surface area contributed by atoms with E-state index in [0.717, 1.165) is 0 Å². The van der Waals surface area contributed by atoms with E-state index >= 15 is 0 Å². The van der Waals surface area contributed by atoms with Crippen LogP contribution in [0.4, 0.5) is 4.39 Å². The molecular weight excluding hydrogens is 279 g/mol. The average molecular weight is 285 g/mol. The van der Waals surface area contributed by atoms with Gasteiger partial charge in [0.1, 0.15) is 11.5 Å². The van der Waals surface area contributed by atoms with Crippen LogP contribution < -0.4 is 0 Å². The van der Waals surface area contributed by atoms with Crippen LogP contribution in [0.5, 0.6) is 0 Å². The number of hydrogen-bond acceptors (Lipinski definition) is 2. The molecule has 16 heavy (non-hydrogen) atoms. The maximum Gasteiger partial charge on any atom is 0.338 e. The first-order valence-corrected chi connectivity index (χ1v) is 5.10. The summed E-state index contributed by atoms with van der Waals surface area (Å²) in [4.78, 5) is 10.6. The summed E-state index contributed by atoms with van der Waals surface area (Å²) in [6.45, 7) is 0. The average Bonchev–Trinajstić information content (AvgIpc) is 2.70. The number of nitrogens with zero attached hydrogens (tertiary/aromatic N) is 2. The lowest BCUT2D eigenvalue weighted by atomic mass is 10.3. The molecule has 0 bridgehead atoms. The maximum absolute atomic E-state index is 13.4. The van der Waals surface area contributed by atoms with Crippen molar-refractivity contribution in [1.82, 2.24) is 9.78 Å². The van der Waals surface area contributed by atoms with Gasteiger partial charge in [0.2, 0.25) is 0 Å². The summed E-state index contributed by atoms with van der Waals surface area (Å²) in [7, 11) is 0. The first-order chi connectivity index (χ1) is 7.58. The van der Waals surface area contributed by atoms with E-state index in [-0.39, 0.29) is 11.3 Å². The predicted molar refractivity (Wildman–Crippen MR) is 58.2 cm³/mol. The molecule has 1 heterocycles. The number of hydrogen-bond donors (Lipinski definition) is 1. The minimum absolute atomic E-state index is 0.0133. The molecule has 2 rings (SSSR count). The van der Waals surface area contributed by atoms with Crippen molar-refractivity contribution in [3.8, 4) is 5.69 Å². The van der Waals surface area contributed by atoms with E-state index in [4.69, 9.17) is 5.11 Å². The van der Waals surface area contributed by atoms with Crippen LogP contribution in [0.2, 0.25) is 0 Å². The standard InChI is InChI=1S/C10H6BrFN2O2/c11-7-1-2-8(12)9(3-7)14-5-6(4-13-14)10(15)16/h1-5H,(H,15,16). The van der Waals surface area contributed by atoms with Gasteiger partial charge in [-0.05, 0) is 18.2 Å². The number of carbonyl (C=O) groups is 1. The molecule has 4 nitrogen and oxygen atoms in total. The number of aromatic carboxylic acids is 1. The van der Waals surface area contributed by atoms with Crippen LogP contribution in [0.15, 0.2) is 35.1 Å². The van der Waals surface area contributed by atoms with Crippen molar-refractivity contribution in [1.29, 1.82) is 0 Å². The number of benzene rings is 1. The zero-order valence-corrected chi connectivity index (χ0v) is 9.48. The molecule has 0 saturated carbocycles. The summed E-state index contributed by atoms with van der Waals surface area (Å²) in [5.74, 6) is -1.56. The minimum Gasteiger partial charge on any atom is -0.478 e. The Hall–Kier alpha value is -1.69. The fraction of sp³-hybridized carbons (Fsp3) is 0. The molecule has 0 aliphatic carbocycles. The van der Waals surface area contributed by atoms with Crippen LogP contribution in [-0.4, -0.2) is 20.9 Å². The Morgan fingerprint density at radius 1 is 1.50 bits per heavy atom. The summed E-state index contributed by atoms with van der Waals surface area (Å²) < 4.78 is 15.3. The monoisotopic (exact) mass is 284 g/mol. The second kappa shape index (κ2) is 4.05. The third kappa shape index (κ3) is 1.96. The molecule has 0 unspecified atom stereocenters. The molecule has 0 atom stereocenters. The molecule has 1 N–H and O–H groups in total. The lowest BCUT2D eigenvalue weighted by Gasteiger charge is -2.02. The van der Waals surface area contributed by atoms with Gasteiger partial charge < -0.3 is 5.11 Å². The smallest absolute Gasteiger partial charge is 0.338 e. The number of halogens is 2. The highest BCUT2D eigenvalue weighted by Crippen LogP contribution is 2.19. The van der Waals surface area contributed by atoms with E-state index in [2.05, 4.69) is 21.0 Å². The Bertz CT molecular complexity index is 554. The summed E-state index contributed by atoms with van der Waals surface area (Å²) >= 11 is 3.21. The molecule has 0 radical (unpaired) electrons. The molecule has 0 aliphatic heterocycles. The molecular formula is C10H6BrFN2O2. The Balaban J connectivity index is 2.50. The Kier molecular flexibility index (Phi) is 2.74. The number of aromatic nitrogens is 2. The molecule has 0 aliphatic rings. The van der Waals surface area contributed by atoms with Crippen molar-refractivity contribution in [2.45, 2.75) is 0 Å². The summed E-state index contributed by atoms with van der Waals surface area (Å²) in [5, 5.41) is 12.5. The van der Waals surface area contributed by atoms with Gasteiger partial charge in [-0.25, -0.2) is 13.9 Å². The number of rotatable bonds is 2. The van der Waals surface area contributed by atoms with Crippen LogP contribution in [-0.2, 0) is 0 Å². The second-order valence-corrected chi connectivity index (χ2v) is 3.99. The largest absolute Gasteiger partial charge is 0.478 e. The van der Waals surface area contributed by atoms with E-state index in [1.807, 2.05) is 0 Å². The molecule has 0 spiro atoms. The molecule has 82 valence electrons. The molecule has 0 amide bonds. The topological polar surface area (TPSA) is 55.1 Å². The first-order valence-electron chi connectivity index (χ1n) is 4.31. The van der Waals surface area contributed by atoms with Crippen LogP contribution in [0.1, 0.15) is 10.4 Å². The fourth-order valence-electron chi connectivity index (χ4n) is 1.23. The molecule has 2 aromatic rings. The van der Waals surface area contributed by atoms with E-state index in [0.29, 0.717) is 4.47 Å². The molecule has 0 fully saturated rings. The van der Waals surface area contributed by atoms with Gasteiger partial charge in [-0.15, -0.1) is 0 Å².